The van der Waals surface area contributed by atoms with Crippen molar-refractivity contribution >= 4 is 21.9 Å². The van der Waals surface area contributed by atoms with Crippen LogP contribution in [-0.4, -0.2) is 0 Å². The van der Waals surface area contributed by atoms with Crippen LogP contribution in [0.5, 0.6) is 0 Å². The van der Waals surface area contributed by atoms with Crippen molar-refractivity contribution in [2.24, 2.45) is 13.0 Å². The molecule has 3 heteroatoms. The Labute approximate surface area is 218 Å². The van der Waals surface area contributed by atoms with E-state index < -0.39 is 0 Å². The summed E-state index contributed by atoms with van der Waals surface area (Å²) in [6, 6.07) is 20.7. The van der Waals surface area contributed by atoms with Crippen molar-refractivity contribution in [3.05, 3.63) is 89.4 Å². The summed E-state index contributed by atoms with van der Waals surface area (Å²) in [5.41, 5.74) is 8.87. The molecule has 0 bridgehead atoms. The molecule has 1 saturated carbocycles. The molecule has 0 unspecified atom stereocenters. The average molecular weight is 493 g/mol. The van der Waals surface area contributed by atoms with Crippen molar-refractivity contribution in [2.75, 3.05) is 0 Å². The molecule has 2 aromatic heterocycles. The molecule has 2 heterocycles. The van der Waals surface area contributed by atoms with E-state index in [2.05, 4.69) is 87.1 Å². The number of rotatable bonds is 5. The number of benzene rings is 3. The lowest BCUT2D eigenvalue weighted by Gasteiger charge is -2.11. The van der Waals surface area contributed by atoms with Crippen LogP contribution in [0.25, 0.3) is 44.3 Å². The monoisotopic (exact) mass is 492 g/mol. The highest BCUT2D eigenvalue weighted by atomic mass is 19.1. The van der Waals surface area contributed by atoms with Crippen LogP contribution >= 0.6 is 0 Å². The maximum Gasteiger partial charge on any atom is 0.216 e. The number of pyridine rings is 1. The Bertz CT molecular complexity index is 1600. The third-order valence-corrected chi connectivity index (χ3v) is 8.11. The van der Waals surface area contributed by atoms with Gasteiger partial charge >= 0.3 is 0 Å². The lowest BCUT2D eigenvalue weighted by atomic mass is 9.94. The van der Waals surface area contributed by atoms with E-state index in [1.165, 1.54) is 36.8 Å². The predicted molar refractivity (Wildman–Crippen MR) is 150 cm³/mol. The van der Waals surface area contributed by atoms with Crippen LogP contribution in [0.15, 0.2) is 71.3 Å². The summed E-state index contributed by atoms with van der Waals surface area (Å²) in [5.74, 6) is 0.968. The van der Waals surface area contributed by atoms with E-state index in [0.717, 1.165) is 45.2 Å². The second kappa shape index (κ2) is 9.45. The first kappa shape index (κ1) is 23.9. The maximum atomic E-state index is 15.4. The quantitative estimate of drug-likeness (QED) is 0.224. The van der Waals surface area contributed by atoms with Gasteiger partial charge in [-0.1, -0.05) is 63.1 Å². The largest absolute Gasteiger partial charge is 0.454 e. The topological polar surface area (TPSA) is 17.0 Å². The smallest absolute Gasteiger partial charge is 0.216 e. The van der Waals surface area contributed by atoms with Gasteiger partial charge in [-0.2, -0.15) is 0 Å². The summed E-state index contributed by atoms with van der Waals surface area (Å²) < 4.78 is 24.2. The molecule has 0 amide bonds. The Morgan fingerprint density at radius 1 is 0.892 bits per heavy atom. The van der Waals surface area contributed by atoms with E-state index >= 15 is 4.39 Å². The summed E-state index contributed by atoms with van der Waals surface area (Å²) in [6.45, 7) is 6.61. The van der Waals surface area contributed by atoms with Gasteiger partial charge in [-0.3, -0.25) is 0 Å². The van der Waals surface area contributed by atoms with Crippen LogP contribution in [0, 0.1) is 18.7 Å². The molecule has 6 rings (SSSR count). The molecule has 0 radical (unpaired) electrons. The molecule has 1 aliphatic rings. The van der Waals surface area contributed by atoms with Crippen LogP contribution in [0.2, 0.25) is 0 Å². The Balaban J connectivity index is 1.54. The molecule has 0 aliphatic heterocycles. The first-order valence-corrected chi connectivity index (χ1v) is 13.6. The summed E-state index contributed by atoms with van der Waals surface area (Å²) in [6.07, 6.45) is 8.27. The van der Waals surface area contributed by atoms with Gasteiger partial charge in [0.1, 0.15) is 24.0 Å². The molecule has 0 N–H and O–H groups in total. The predicted octanol–water partition coefficient (Wildman–Crippen LogP) is 9.05. The molecular formula is C34H35FNO+. The molecule has 5 aromatic rings. The third-order valence-electron chi connectivity index (χ3n) is 8.11. The fourth-order valence-electron chi connectivity index (χ4n) is 6.21. The Morgan fingerprint density at radius 2 is 1.57 bits per heavy atom. The molecule has 3 aromatic carbocycles. The molecule has 0 saturated heterocycles. The van der Waals surface area contributed by atoms with Crippen LogP contribution in [0.3, 0.4) is 0 Å². The Hall–Kier alpha value is -3.46. The molecular weight excluding hydrogens is 457 g/mol. The molecule has 2 nitrogen and oxygen atoms in total. The van der Waals surface area contributed by atoms with E-state index in [1.807, 2.05) is 6.07 Å². The summed E-state index contributed by atoms with van der Waals surface area (Å²) in [4.78, 5) is 0. The molecule has 37 heavy (non-hydrogen) atoms. The Morgan fingerprint density at radius 3 is 2.27 bits per heavy atom. The first-order valence-electron chi connectivity index (χ1n) is 13.6. The highest BCUT2D eigenvalue weighted by molar-refractivity contribution is 6.13. The zero-order valence-corrected chi connectivity index (χ0v) is 22.3. The maximum absolute atomic E-state index is 15.4. The SMILES string of the molecule is Cc1ccc2c(oc3c(-c4ccc(C5CCCC5)cc4)c(F)ccc32)c1-c1cc(CC(C)C)cc[n+]1C. The van der Waals surface area contributed by atoms with Crippen LogP contribution in [-0.2, 0) is 13.5 Å². The van der Waals surface area contributed by atoms with Crippen LogP contribution in [0.4, 0.5) is 4.39 Å². The fourth-order valence-corrected chi connectivity index (χ4v) is 6.21. The van der Waals surface area contributed by atoms with Gasteiger partial charge in [0.25, 0.3) is 0 Å². The highest BCUT2D eigenvalue weighted by Crippen LogP contribution is 2.42. The summed E-state index contributed by atoms with van der Waals surface area (Å²) in [7, 11) is 2.08. The van der Waals surface area contributed by atoms with E-state index in [-0.39, 0.29) is 5.82 Å². The standard InChI is InChI=1S/C34H35FNO/c1-21(2)19-23-17-18-36(4)30(20-23)31-22(3)9-14-27-28-15-16-29(35)32(34(28)37-33(27)31)26-12-10-25(11-13-26)24-7-5-6-8-24/h9-18,20-21,24H,5-8,19H2,1-4H3/q+1. The number of halogens is 1. The number of nitrogens with zero attached hydrogens (tertiary/aromatic N) is 1. The van der Waals surface area contributed by atoms with E-state index in [0.29, 0.717) is 23.0 Å². The van der Waals surface area contributed by atoms with Gasteiger partial charge in [-0.15, -0.1) is 0 Å². The van der Waals surface area contributed by atoms with E-state index in [1.54, 1.807) is 6.07 Å². The molecule has 0 spiro atoms. The molecule has 0 atom stereocenters. The zero-order chi connectivity index (χ0) is 25.7. The van der Waals surface area contributed by atoms with Crippen molar-refractivity contribution in [1.82, 2.24) is 0 Å². The van der Waals surface area contributed by atoms with Gasteiger partial charge in [0.05, 0.1) is 11.1 Å². The van der Waals surface area contributed by atoms with Crippen molar-refractivity contribution in [3.8, 4) is 22.4 Å². The second-order valence-corrected chi connectivity index (χ2v) is 11.3. The highest BCUT2D eigenvalue weighted by Gasteiger charge is 2.24. The summed E-state index contributed by atoms with van der Waals surface area (Å²) >= 11 is 0. The lowest BCUT2D eigenvalue weighted by molar-refractivity contribution is -0.660. The number of furan rings is 1. The Kier molecular flexibility index (Phi) is 6.10. The van der Waals surface area contributed by atoms with Gasteiger partial charge in [0.15, 0.2) is 6.20 Å². The average Bonchev–Trinajstić information content (AvgIpc) is 3.54. The number of aromatic nitrogens is 1. The second-order valence-electron chi connectivity index (χ2n) is 11.3. The van der Waals surface area contributed by atoms with Gasteiger partial charge in [-0.05, 0) is 72.4 Å². The number of fused-ring (bicyclic) bond motifs is 3. The number of hydrogen-bond donors (Lipinski definition) is 0. The van der Waals surface area contributed by atoms with Crippen molar-refractivity contribution in [1.29, 1.82) is 0 Å². The molecule has 1 aliphatic carbocycles. The molecule has 1 fully saturated rings. The van der Waals surface area contributed by atoms with Gasteiger partial charge in [0.2, 0.25) is 5.69 Å². The van der Waals surface area contributed by atoms with Gasteiger partial charge in [0, 0.05) is 22.9 Å². The van der Waals surface area contributed by atoms with E-state index in [4.69, 9.17) is 4.42 Å². The zero-order valence-electron chi connectivity index (χ0n) is 22.3. The third kappa shape index (κ3) is 4.25. The van der Waals surface area contributed by atoms with E-state index in [9.17, 15) is 0 Å². The van der Waals surface area contributed by atoms with Crippen molar-refractivity contribution < 1.29 is 13.4 Å². The van der Waals surface area contributed by atoms with Gasteiger partial charge in [-0.25, -0.2) is 8.96 Å². The lowest BCUT2D eigenvalue weighted by Crippen LogP contribution is -2.31. The summed E-state index contributed by atoms with van der Waals surface area (Å²) in [5, 5.41) is 1.97. The van der Waals surface area contributed by atoms with Crippen molar-refractivity contribution in [2.45, 2.75) is 58.8 Å². The minimum absolute atomic E-state index is 0.247. The first-order chi connectivity index (χ1) is 17.9. The minimum atomic E-state index is -0.247. The number of hydrogen-bond acceptors (Lipinski definition) is 1. The number of aryl methyl sites for hydroxylation is 2. The normalized spacial score (nSPS) is 14.4. The molecule has 188 valence electrons. The van der Waals surface area contributed by atoms with Crippen LogP contribution in [0.1, 0.15) is 62.1 Å². The van der Waals surface area contributed by atoms with Gasteiger partial charge < -0.3 is 4.42 Å². The van der Waals surface area contributed by atoms with Crippen LogP contribution < -0.4 is 4.57 Å². The minimum Gasteiger partial charge on any atom is -0.454 e. The van der Waals surface area contributed by atoms with Crippen molar-refractivity contribution in [3.63, 3.8) is 0 Å². The fraction of sp³-hybridized carbons (Fsp3) is 0.324.